The monoisotopic (exact) mass is 310 g/mol. The lowest BCUT2D eigenvalue weighted by Gasteiger charge is -2.33. The molecule has 0 bridgehead atoms. The summed E-state index contributed by atoms with van der Waals surface area (Å²) in [4.78, 5) is 2.84. The molecule has 1 saturated heterocycles. The normalized spacial score (nSPS) is 21.5. The summed E-state index contributed by atoms with van der Waals surface area (Å²) in [5.41, 5.74) is 8.34. The molecular formula is C13H18N4O3S. The third-order valence-corrected chi connectivity index (χ3v) is 4.10. The minimum Gasteiger partial charge on any atom is -0.316 e. The fraction of sp³-hybridized carbons (Fsp3) is 0.538. The van der Waals surface area contributed by atoms with E-state index < -0.39 is 15.8 Å². The fourth-order valence-corrected chi connectivity index (χ4v) is 3.39. The molecule has 1 N–H and O–H groups in total. The summed E-state index contributed by atoms with van der Waals surface area (Å²) in [6.45, 7) is 1.30. The SMILES string of the molecule is CS(=O)(=O)OC(Cc1ccccc1)(N=[N+]=[N-])C1CCNC1. The van der Waals surface area contributed by atoms with Gasteiger partial charge in [-0.3, -0.25) is 4.18 Å². The van der Waals surface area contributed by atoms with Gasteiger partial charge < -0.3 is 5.32 Å². The third-order valence-electron chi connectivity index (χ3n) is 3.51. The summed E-state index contributed by atoms with van der Waals surface area (Å²) in [6.07, 6.45) is 1.89. The van der Waals surface area contributed by atoms with Crippen molar-refractivity contribution in [2.24, 2.45) is 11.0 Å². The lowest BCUT2D eigenvalue weighted by molar-refractivity contribution is 0.0297. The molecule has 21 heavy (non-hydrogen) atoms. The quantitative estimate of drug-likeness (QED) is 0.374. The number of benzene rings is 1. The van der Waals surface area contributed by atoms with Crippen molar-refractivity contribution < 1.29 is 12.6 Å². The number of hydrogen-bond donors (Lipinski definition) is 1. The van der Waals surface area contributed by atoms with Crippen molar-refractivity contribution in [3.8, 4) is 0 Å². The molecule has 7 nitrogen and oxygen atoms in total. The third kappa shape index (κ3) is 4.18. The van der Waals surface area contributed by atoms with Gasteiger partial charge in [-0.2, -0.15) is 8.42 Å². The number of rotatable bonds is 6. The molecule has 2 unspecified atom stereocenters. The van der Waals surface area contributed by atoms with Crippen LogP contribution in [-0.4, -0.2) is 33.5 Å². The van der Waals surface area contributed by atoms with Crippen LogP contribution in [0.3, 0.4) is 0 Å². The zero-order valence-corrected chi connectivity index (χ0v) is 12.6. The standard InChI is InChI=1S/C13H18N4O3S/c1-21(18,19)20-13(16-17-14,12-7-8-15-10-12)9-11-5-3-2-4-6-11/h2-6,12,15H,7-10H2,1H3. The molecule has 1 aromatic carbocycles. The molecule has 114 valence electrons. The molecule has 0 aromatic heterocycles. The summed E-state index contributed by atoms with van der Waals surface area (Å²) in [5.74, 6) is -0.191. The Morgan fingerprint density at radius 3 is 2.71 bits per heavy atom. The highest BCUT2D eigenvalue weighted by Gasteiger charge is 2.43. The van der Waals surface area contributed by atoms with E-state index in [1.54, 1.807) is 0 Å². The largest absolute Gasteiger partial charge is 0.316 e. The van der Waals surface area contributed by atoms with Crippen molar-refractivity contribution in [2.75, 3.05) is 19.3 Å². The van der Waals surface area contributed by atoms with Gasteiger partial charge in [-0.1, -0.05) is 35.4 Å². The predicted molar refractivity (Wildman–Crippen MR) is 78.9 cm³/mol. The Morgan fingerprint density at radius 1 is 1.48 bits per heavy atom. The summed E-state index contributed by atoms with van der Waals surface area (Å²) in [5, 5.41) is 6.91. The first kappa shape index (κ1) is 15.8. The van der Waals surface area contributed by atoms with Crippen LogP contribution in [0.5, 0.6) is 0 Å². The summed E-state index contributed by atoms with van der Waals surface area (Å²) < 4.78 is 28.6. The first-order valence-corrected chi connectivity index (χ1v) is 8.48. The average molecular weight is 310 g/mol. The van der Waals surface area contributed by atoms with Crippen LogP contribution in [0.25, 0.3) is 10.4 Å². The van der Waals surface area contributed by atoms with Gasteiger partial charge in [0.05, 0.1) is 6.26 Å². The van der Waals surface area contributed by atoms with Crippen LogP contribution in [0.4, 0.5) is 0 Å². The van der Waals surface area contributed by atoms with Crippen LogP contribution in [0, 0.1) is 5.92 Å². The molecule has 1 aromatic rings. The summed E-state index contributed by atoms with van der Waals surface area (Å²) in [7, 11) is -3.75. The lowest BCUT2D eigenvalue weighted by Crippen LogP contribution is -2.43. The molecule has 0 radical (unpaired) electrons. The fourth-order valence-electron chi connectivity index (χ4n) is 2.64. The molecule has 8 heteroatoms. The van der Waals surface area contributed by atoms with E-state index in [0.717, 1.165) is 18.4 Å². The molecular weight excluding hydrogens is 292 g/mol. The van der Waals surface area contributed by atoms with Gasteiger partial charge in [-0.25, -0.2) is 0 Å². The Kier molecular flexibility index (Phi) is 4.84. The minimum atomic E-state index is -3.75. The molecule has 2 rings (SSSR count). The lowest BCUT2D eigenvalue weighted by atomic mass is 9.89. The van der Waals surface area contributed by atoms with Gasteiger partial charge >= 0.3 is 0 Å². The maximum absolute atomic E-state index is 11.6. The minimum absolute atomic E-state index is 0.191. The van der Waals surface area contributed by atoms with E-state index in [1.807, 2.05) is 30.3 Å². The van der Waals surface area contributed by atoms with Crippen molar-refractivity contribution in [1.82, 2.24) is 5.32 Å². The van der Waals surface area contributed by atoms with Crippen LogP contribution >= 0.6 is 0 Å². The second-order valence-corrected chi connectivity index (χ2v) is 6.75. The van der Waals surface area contributed by atoms with E-state index in [-0.39, 0.29) is 12.3 Å². The van der Waals surface area contributed by atoms with E-state index in [4.69, 9.17) is 9.71 Å². The van der Waals surface area contributed by atoms with Gasteiger partial charge in [0.1, 0.15) is 0 Å². The molecule has 2 atom stereocenters. The Labute approximate surface area is 124 Å². The Morgan fingerprint density at radius 2 is 2.19 bits per heavy atom. The van der Waals surface area contributed by atoms with E-state index in [0.29, 0.717) is 13.0 Å². The number of hydrogen-bond acceptors (Lipinski definition) is 5. The maximum Gasteiger partial charge on any atom is 0.265 e. The number of nitrogens with one attached hydrogen (secondary N) is 1. The van der Waals surface area contributed by atoms with Gasteiger partial charge in [0.25, 0.3) is 10.1 Å². The Balaban J connectivity index is 2.41. The van der Waals surface area contributed by atoms with Crippen molar-refractivity contribution in [1.29, 1.82) is 0 Å². The predicted octanol–water partition coefficient (Wildman–Crippen LogP) is 1.82. The summed E-state index contributed by atoms with van der Waals surface area (Å²) in [6, 6.07) is 9.28. The molecule has 1 fully saturated rings. The van der Waals surface area contributed by atoms with Crippen LogP contribution < -0.4 is 5.32 Å². The van der Waals surface area contributed by atoms with Crippen molar-refractivity contribution >= 4 is 10.1 Å². The van der Waals surface area contributed by atoms with Gasteiger partial charge in [-0.15, -0.1) is 0 Å². The van der Waals surface area contributed by atoms with Gasteiger partial charge in [-0.05, 0) is 24.1 Å². The van der Waals surface area contributed by atoms with Crippen molar-refractivity contribution in [3.63, 3.8) is 0 Å². The van der Waals surface area contributed by atoms with Crippen molar-refractivity contribution in [3.05, 3.63) is 46.3 Å². The first-order valence-electron chi connectivity index (χ1n) is 6.67. The van der Waals surface area contributed by atoms with E-state index in [1.165, 1.54) is 0 Å². The molecule has 0 saturated carbocycles. The second-order valence-electron chi connectivity index (χ2n) is 5.17. The van der Waals surface area contributed by atoms with Gasteiger partial charge in [0.2, 0.25) is 0 Å². The molecule has 1 heterocycles. The smallest absolute Gasteiger partial charge is 0.265 e. The highest BCUT2D eigenvalue weighted by atomic mass is 32.2. The van der Waals surface area contributed by atoms with Crippen LogP contribution in [0.2, 0.25) is 0 Å². The van der Waals surface area contributed by atoms with Crippen LogP contribution in [-0.2, 0) is 20.7 Å². The second kappa shape index (κ2) is 6.44. The molecule has 1 aliphatic heterocycles. The summed E-state index contributed by atoms with van der Waals surface area (Å²) >= 11 is 0. The topological polar surface area (TPSA) is 104 Å². The van der Waals surface area contributed by atoms with Gasteiger partial charge in [0.15, 0.2) is 5.72 Å². The zero-order chi connectivity index (χ0) is 15.3. The van der Waals surface area contributed by atoms with E-state index >= 15 is 0 Å². The molecule has 0 aliphatic carbocycles. The Hall–Kier alpha value is -1.60. The molecule has 0 spiro atoms. The zero-order valence-electron chi connectivity index (χ0n) is 11.8. The highest BCUT2D eigenvalue weighted by molar-refractivity contribution is 7.86. The first-order chi connectivity index (χ1) is 9.95. The molecule has 1 aliphatic rings. The number of nitrogens with zero attached hydrogens (tertiary/aromatic N) is 3. The molecule has 0 amide bonds. The van der Waals surface area contributed by atoms with E-state index in [2.05, 4.69) is 15.3 Å². The van der Waals surface area contributed by atoms with E-state index in [9.17, 15) is 8.42 Å². The maximum atomic E-state index is 11.6. The average Bonchev–Trinajstić information content (AvgIpc) is 2.92. The number of azide groups is 1. The van der Waals surface area contributed by atoms with Crippen LogP contribution in [0.15, 0.2) is 35.4 Å². The Bertz CT molecular complexity index is 622. The van der Waals surface area contributed by atoms with Crippen LogP contribution in [0.1, 0.15) is 12.0 Å². The highest BCUT2D eigenvalue weighted by Crippen LogP contribution is 2.34. The van der Waals surface area contributed by atoms with Crippen molar-refractivity contribution in [2.45, 2.75) is 18.6 Å². The van der Waals surface area contributed by atoms with Gasteiger partial charge in [0, 0.05) is 23.8 Å².